The molecule has 0 aliphatic heterocycles. The molecule has 0 spiro atoms. The van der Waals surface area contributed by atoms with Gasteiger partial charge in [-0.15, -0.1) is 92.8 Å². The number of ether oxygens (including phenoxy) is 12. The summed E-state index contributed by atoms with van der Waals surface area (Å²) < 4.78 is 60.9. The molecule has 0 heterocycles. The van der Waals surface area contributed by atoms with Gasteiger partial charge in [-0.3, -0.25) is 0 Å². The van der Waals surface area contributed by atoms with Crippen LogP contribution in [0.1, 0.15) is 0 Å². The fourth-order valence-electron chi connectivity index (χ4n) is 9.29. The number of methoxy groups -OCH3 is 12. The fourth-order valence-corrected chi connectivity index (χ4v) is 9.29. The third-order valence-corrected chi connectivity index (χ3v) is 16.1. The number of carboxylic acid groups (broad SMARTS) is 2. The van der Waals surface area contributed by atoms with Crippen molar-refractivity contribution in [1.82, 2.24) is 0 Å². The Morgan fingerprint density at radius 2 is 0.319 bits per heavy atom. The SMILES string of the molecule is C=C/C=C/C(=O)[O-].C=C/C=C/C(=O)[O-].COc1ccc(N=C[N-]c2ccc(OC)cc2)cc1.COc1ccc(N=C[N-]c2ccc(OC)cc2)cc1.COc1ccc(N=C[N-]c2ccc(OC)cc2)cc1.COc1ccc(N=C[N-]c2ccc(OC)cc2)cc1.COc1ccc(N=C[N-]c2ccc(OC)cc2)cc1.COc1ccc(N=C[N-]c2ccc(OC)cc2)cc1.ClCCl.ClCCl.ClCCl.ClCCl.[Mo+2].[Mo+2].[Mo+2].[Mo+2]. The van der Waals surface area contributed by atoms with E-state index in [1.807, 2.05) is 291 Å². The van der Waals surface area contributed by atoms with Crippen LogP contribution in [0.3, 0.4) is 0 Å². The quantitative estimate of drug-likeness (QED) is 0.00903. The molecule has 0 fully saturated rings. The minimum absolute atomic E-state index is 0. The predicted molar refractivity (Wildman–Crippen MR) is 578 cm³/mol. The Hall–Kier alpha value is -12.0. The monoisotopic (exact) mass is 2450 g/mol. The van der Waals surface area contributed by atoms with Gasteiger partial charge < -0.3 is 138 Å². The number of allylic oxidation sites excluding steroid dienone is 4. The average Bonchev–Trinajstić information content (AvgIpc) is 0.910. The van der Waals surface area contributed by atoms with E-state index >= 15 is 0 Å². The van der Waals surface area contributed by atoms with Gasteiger partial charge in [-0.2, -0.15) is 0 Å². The van der Waals surface area contributed by atoms with E-state index in [4.69, 9.17) is 150 Å². The molecule has 0 unspecified atom stereocenters. The smallest absolute Gasteiger partial charge is 0.545 e. The Bertz CT molecular complexity index is 4660. The van der Waals surface area contributed by atoms with Gasteiger partial charge in [0.2, 0.25) is 0 Å². The number of carbonyl (C=O) groups is 2. The van der Waals surface area contributed by atoms with Gasteiger partial charge in [0, 0.05) is 0 Å². The number of hydrogen-bond donors (Lipinski definition) is 0. The zero-order valence-corrected chi connectivity index (χ0v) is 94.5. The number of benzene rings is 12. The van der Waals surface area contributed by atoms with Crippen molar-refractivity contribution >= 4 is 211 Å². The van der Waals surface area contributed by atoms with Crippen molar-refractivity contribution in [1.29, 1.82) is 0 Å². The van der Waals surface area contributed by atoms with Crippen LogP contribution in [0, 0.1) is 0 Å². The Kier molecular flexibility index (Phi) is 89.7. The molecular weight excluding hydrogens is 2340 g/mol. The first-order valence-corrected chi connectivity index (χ1v) is 44.9. The largest absolute Gasteiger partial charge is 2.00 e. The summed E-state index contributed by atoms with van der Waals surface area (Å²) in [6.07, 6.45) is 16.4. The van der Waals surface area contributed by atoms with Crippen LogP contribution < -0.4 is 67.1 Å². The topological polar surface area (TPSA) is 350 Å². The number of aliphatic carboxylic acids is 2. The van der Waals surface area contributed by atoms with Crippen molar-refractivity contribution in [2.24, 2.45) is 30.0 Å². The van der Waals surface area contributed by atoms with Crippen molar-refractivity contribution in [3.05, 3.63) is 373 Å². The van der Waals surface area contributed by atoms with Crippen LogP contribution in [0.4, 0.5) is 68.2 Å². The van der Waals surface area contributed by atoms with Crippen LogP contribution in [0.2, 0.25) is 0 Å². The van der Waals surface area contributed by atoms with E-state index < -0.39 is 11.9 Å². The summed E-state index contributed by atoms with van der Waals surface area (Å²) in [5.74, 6) is 7.34. The maximum Gasteiger partial charge on any atom is 2.00 e. The van der Waals surface area contributed by atoms with E-state index in [2.05, 4.69) is 75.0 Å². The third-order valence-electron chi connectivity index (χ3n) is 16.1. The first-order chi connectivity index (χ1) is 68.1. The summed E-state index contributed by atoms with van der Waals surface area (Å²) in [6.45, 7) is 6.51. The van der Waals surface area contributed by atoms with Gasteiger partial charge in [-0.25, -0.2) is 0 Å². The van der Waals surface area contributed by atoms with Gasteiger partial charge in [0.25, 0.3) is 0 Å². The molecule has 0 aromatic heterocycles. The summed E-state index contributed by atoms with van der Waals surface area (Å²) in [6, 6.07) is 89.6. The molecule has 0 aliphatic rings. The van der Waals surface area contributed by atoms with Gasteiger partial charge in [0.1, 0.15) is 69.0 Å². The second-order valence-electron chi connectivity index (χ2n) is 24.9. The Morgan fingerprint density at radius 1 is 0.222 bits per heavy atom. The summed E-state index contributed by atoms with van der Waals surface area (Å²) in [7, 11) is 19.6. The van der Waals surface area contributed by atoms with E-state index in [0.717, 1.165) is 149 Å². The van der Waals surface area contributed by atoms with Gasteiger partial charge >= 0.3 is 84.3 Å². The summed E-state index contributed by atoms with van der Waals surface area (Å²) in [4.78, 5) is 44.5. The van der Waals surface area contributed by atoms with E-state index in [0.29, 0.717) is 0 Å². The standard InChI is InChI=1S/6C15H15N2O2.2C5H6O2.4CH2Cl2.4Mo/c6*1-18-14-7-3-12(4-8-14)16-11-17-13-5-9-15(19-2)10-6-13;2*1-2-3-4-5(6)7;4*2-1-3;;;;/h6*3-11H,1-2H3;2*2-4H,1H2,(H,6,7);4*1H2;;;;/q6*-1;;;;;;;4*+2/p-2/b;;;;;;2*4-3+;;;;;;;;. The molecule has 0 N–H and O–H groups in total. The van der Waals surface area contributed by atoms with Crippen LogP contribution in [-0.4, -0.2) is 157 Å². The Balaban J connectivity index is -0.000000773. The summed E-state index contributed by atoms with van der Waals surface area (Å²) in [5.41, 5.74) is 9.98. The van der Waals surface area contributed by atoms with Crippen LogP contribution in [0.15, 0.2) is 371 Å². The zero-order valence-electron chi connectivity index (χ0n) is 80.4. The van der Waals surface area contributed by atoms with Gasteiger partial charge in [0.15, 0.2) is 0 Å². The van der Waals surface area contributed by atoms with E-state index in [1.165, 1.54) is 62.3 Å². The van der Waals surface area contributed by atoms with Crippen molar-refractivity contribution in [3.8, 4) is 69.0 Å². The van der Waals surface area contributed by atoms with Crippen molar-refractivity contribution in [2.75, 3.05) is 107 Å². The number of aliphatic imine (C=N–C) groups is 6. The van der Waals surface area contributed by atoms with Crippen LogP contribution >= 0.6 is 92.8 Å². The average molecular weight is 2450 g/mol. The number of alkyl halides is 8. The Morgan fingerprint density at radius 3 is 0.396 bits per heavy atom. The minimum Gasteiger partial charge on any atom is -0.545 e. The first kappa shape index (κ1) is 138. The molecule has 144 heavy (non-hydrogen) atoms. The molecule has 0 radical (unpaired) electrons. The molecule has 760 valence electrons. The number of carboxylic acids is 2. The summed E-state index contributed by atoms with van der Waals surface area (Å²) in [5, 5.41) is 45.2. The molecule has 0 bridgehead atoms. The number of nitrogens with zero attached hydrogens (tertiary/aromatic N) is 12. The maximum atomic E-state index is 9.51. The number of hydrogen-bond acceptors (Lipinski definition) is 22. The number of rotatable bonds is 34. The van der Waals surface area contributed by atoms with Gasteiger partial charge in [-0.05, 0) is 226 Å². The van der Waals surface area contributed by atoms with Crippen LogP contribution in [-0.2, 0) is 93.9 Å². The Labute approximate surface area is 941 Å². The third kappa shape index (κ3) is 69.9. The van der Waals surface area contributed by atoms with E-state index in [-0.39, 0.29) is 106 Å². The predicted octanol–water partition coefficient (Wildman–Crippen LogP) is 29.0. The van der Waals surface area contributed by atoms with Crippen molar-refractivity contribution in [3.63, 3.8) is 0 Å². The molecule has 0 saturated heterocycles. The number of halogens is 8. The molecule has 0 amide bonds. The zero-order chi connectivity index (χ0) is 103. The number of carbonyl (C=O) groups excluding carboxylic acids is 2. The molecule has 0 atom stereocenters. The van der Waals surface area contributed by atoms with Crippen LogP contribution in [0.25, 0.3) is 31.9 Å². The molecule has 12 rings (SSSR count). The maximum absolute atomic E-state index is 9.51. The fraction of sp³-hybridized carbons (Fsp3) is 0.154. The second kappa shape index (κ2) is 93.4. The molecular formula is C104H108Cl8Mo4N12O16. The van der Waals surface area contributed by atoms with Crippen molar-refractivity contribution < 1.29 is 161 Å². The molecule has 12 aromatic carbocycles. The first-order valence-electron chi connectivity index (χ1n) is 40.7. The van der Waals surface area contributed by atoms with Crippen molar-refractivity contribution in [2.45, 2.75) is 0 Å². The molecule has 12 aromatic rings. The second-order valence-corrected chi connectivity index (χ2v) is 28.1. The van der Waals surface area contributed by atoms with E-state index in [9.17, 15) is 19.8 Å². The molecule has 0 aliphatic carbocycles. The normalized spacial score (nSPS) is 9.64. The molecule has 40 heteroatoms. The van der Waals surface area contributed by atoms with Gasteiger partial charge in [0.05, 0.1) is 119 Å². The summed E-state index contributed by atoms with van der Waals surface area (Å²) >= 11 is 38.1. The van der Waals surface area contributed by atoms with Gasteiger partial charge in [-0.1, -0.05) is 221 Å². The van der Waals surface area contributed by atoms with Crippen LogP contribution in [0.5, 0.6) is 69.0 Å². The molecule has 28 nitrogen and oxygen atoms in total. The molecule has 0 saturated carbocycles. The minimum atomic E-state index is -1.19. The van der Waals surface area contributed by atoms with E-state index in [1.54, 1.807) is 85.3 Å².